The van der Waals surface area contributed by atoms with Crippen molar-refractivity contribution < 1.29 is 19.4 Å². The highest BCUT2D eigenvalue weighted by Gasteiger charge is 2.63. The van der Waals surface area contributed by atoms with Gasteiger partial charge in [0, 0.05) is 19.5 Å². The highest BCUT2D eigenvalue weighted by atomic mass is 16.5. The van der Waals surface area contributed by atoms with Crippen LogP contribution in [0.1, 0.15) is 17.5 Å². The molecule has 2 bridgehead atoms. The van der Waals surface area contributed by atoms with Gasteiger partial charge in [-0.3, -0.25) is 9.69 Å². The van der Waals surface area contributed by atoms with Gasteiger partial charge in [-0.15, -0.1) is 0 Å². The molecule has 2 aromatic carbocycles. The lowest BCUT2D eigenvalue weighted by atomic mass is 9.99. The van der Waals surface area contributed by atoms with Gasteiger partial charge in [0.15, 0.2) is 5.54 Å². The van der Waals surface area contributed by atoms with Crippen LogP contribution in [0.25, 0.3) is 0 Å². The monoisotopic (exact) mass is 366 g/mol. The van der Waals surface area contributed by atoms with E-state index in [4.69, 9.17) is 4.74 Å². The number of carbonyl (C=O) groups is 2. The van der Waals surface area contributed by atoms with E-state index in [1.54, 1.807) is 4.90 Å². The van der Waals surface area contributed by atoms with Gasteiger partial charge < -0.3 is 14.7 Å². The molecule has 2 aliphatic heterocycles. The Kier molecular flexibility index (Phi) is 4.58. The average molecular weight is 366 g/mol. The number of carbonyl (C=O) groups excluding carboxylic acids is 1. The Hall–Kier alpha value is -2.86. The van der Waals surface area contributed by atoms with Crippen LogP contribution in [0.3, 0.4) is 0 Å². The zero-order valence-corrected chi connectivity index (χ0v) is 15.0. The molecule has 0 spiro atoms. The summed E-state index contributed by atoms with van der Waals surface area (Å²) >= 11 is 0. The van der Waals surface area contributed by atoms with Crippen LogP contribution in [-0.4, -0.2) is 51.6 Å². The van der Waals surface area contributed by atoms with Crippen LogP contribution in [0.15, 0.2) is 60.7 Å². The molecule has 27 heavy (non-hydrogen) atoms. The molecule has 2 saturated heterocycles. The van der Waals surface area contributed by atoms with E-state index in [-0.39, 0.29) is 18.6 Å². The number of piperazine rings is 1. The van der Waals surface area contributed by atoms with Crippen molar-refractivity contribution >= 4 is 12.0 Å². The van der Waals surface area contributed by atoms with Crippen molar-refractivity contribution in [1.29, 1.82) is 0 Å². The molecule has 4 rings (SSSR count). The minimum Gasteiger partial charge on any atom is -0.465 e. The number of benzene rings is 2. The number of nitrogens with zero attached hydrogens (tertiary/aromatic N) is 2. The molecule has 0 saturated carbocycles. The van der Waals surface area contributed by atoms with E-state index in [0.29, 0.717) is 26.1 Å². The smallest absolute Gasteiger partial charge is 0.408 e. The van der Waals surface area contributed by atoms with Crippen LogP contribution >= 0.6 is 0 Å². The first-order valence-corrected chi connectivity index (χ1v) is 9.07. The highest BCUT2D eigenvalue weighted by molar-refractivity contribution is 5.94. The molecular formula is C21H22N2O4. The second-order valence-electron chi connectivity index (χ2n) is 7.18. The first kappa shape index (κ1) is 17.5. The predicted octanol–water partition coefficient (Wildman–Crippen LogP) is 2.74. The van der Waals surface area contributed by atoms with Crippen LogP contribution in [0.2, 0.25) is 0 Å². The second kappa shape index (κ2) is 7.04. The van der Waals surface area contributed by atoms with E-state index in [2.05, 4.69) is 0 Å². The Labute approximate surface area is 158 Å². The normalized spacial score (nSPS) is 23.9. The number of amides is 2. The summed E-state index contributed by atoms with van der Waals surface area (Å²) in [4.78, 5) is 28.0. The van der Waals surface area contributed by atoms with Crippen molar-refractivity contribution in [2.24, 2.45) is 0 Å². The van der Waals surface area contributed by atoms with Crippen molar-refractivity contribution in [1.82, 2.24) is 9.80 Å². The molecule has 2 atom stereocenters. The molecule has 0 aromatic heterocycles. The number of hydrogen-bond donors (Lipinski definition) is 1. The summed E-state index contributed by atoms with van der Waals surface area (Å²) < 4.78 is 5.82. The summed E-state index contributed by atoms with van der Waals surface area (Å²) in [6.07, 6.45) is -0.576. The van der Waals surface area contributed by atoms with Gasteiger partial charge in [-0.2, -0.15) is 0 Å². The number of rotatable bonds is 6. The number of likely N-dealkylation sites (tertiary alicyclic amines) is 2. The van der Waals surface area contributed by atoms with Crippen LogP contribution in [-0.2, 0) is 22.7 Å². The Morgan fingerprint density at radius 2 is 1.70 bits per heavy atom. The van der Waals surface area contributed by atoms with Crippen LogP contribution in [0, 0.1) is 0 Å². The largest absolute Gasteiger partial charge is 0.465 e. The molecule has 2 aromatic rings. The second-order valence-corrected chi connectivity index (χ2v) is 7.18. The zero-order chi connectivity index (χ0) is 18.9. The Morgan fingerprint density at radius 3 is 2.33 bits per heavy atom. The molecule has 0 unspecified atom stereocenters. The van der Waals surface area contributed by atoms with E-state index in [9.17, 15) is 14.7 Å². The third kappa shape index (κ3) is 3.17. The van der Waals surface area contributed by atoms with Gasteiger partial charge in [-0.25, -0.2) is 4.79 Å². The summed E-state index contributed by atoms with van der Waals surface area (Å²) in [6, 6.07) is 19.3. The number of carboxylic acid groups (broad SMARTS) is 1. The molecule has 2 aliphatic rings. The van der Waals surface area contributed by atoms with E-state index < -0.39 is 11.6 Å². The molecular weight excluding hydrogens is 344 g/mol. The summed E-state index contributed by atoms with van der Waals surface area (Å²) in [7, 11) is 0. The zero-order valence-electron chi connectivity index (χ0n) is 15.0. The molecule has 0 aliphatic carbocycles. The van der Waals surface area contributed by atoms with Gasteiger partial charge in [0.1, 0.15) is 0 Å². The average Bonchev–Trinajstić information content (AvgIpc) is 3.18. The first-order chi connectivity index (χ1) is 13.1. The number of hydrogen-bond acceptors (Lipinski definition) is 3. The molecule has 2 fully saturated rings. The van der Waals surface area contributed by atoms with E-state index in [1.165, 1.54) is 4.90 Å². The fourth-order valence-electron chi connectivity index (χ4n) is 4.15. The predicted molar refractivity (Wildman–Crippen MR) is 99.0 cm³/mol. The molecule has 2 heterocycles. The van der Waals surface area contributed by atoms with Crippen molar-refractivity contribution in [3.63, 3.8) is 0 Å². The van der Waals surface area contributed by atoms with Gasteiger partial charge in [0.05, 0.1) is 19.3 Å². The fourth-order valence-corrected chi connectivity index (χ4v) is 4.15. The lowest BCUT2D eigenvalue weighted by Gasteiger charge is -2.39. The van der Waals surface area contributed by atoms with Crippen LogP contribution < -0.4 is 0 Å². The summed E-state index contributed by atoms with van der Waals surface area (Å²) in [5.74, 6) is -0.155. The molecule has 6 heteroatoms. The summed E-state index contributed by atoms with van der Waals surface area (Å²) in [5, 5.41) is 9.61. The topological polar surface area (TPSA) is 70.1 Å². The minimum absolute atomic E-state index is 0.0782. The van der Waals surface area contributed by atoms with E-state index in [0.717, 1.165) is 11.1 Å². The first-order valence-electron chi connectivity index (χ1n) is 9.07. The molecule has 140 valence electrons. The SMILES string of the molecule is O=C(O)N1C[C@@H]2C[C@@]1(COCc1ccccc1)C(=O)N2Cc1ccccc1. The molecule has 1 N–H and O–H groups in total. The highest BCUT2D eigenvalue weighted by Crippen LogP contribution is 2.42. The summed E-state index contributed by atoms with van der Waals surface area (Å²) in [5.41, 5.74) is 0.928. The van der Waals surface area contributed by atoms with Crippen molar-refractivity contribution in [3.8, 4) is 0 Å². The maximum Gasteiger partial charge on any atom is 0.408 e. The lowest BCUT2D eigenvalue weighted by molar-refractivity contribution is -0.146. The molecule has 0 radical (unpaired) electrons. The van der Waals surface area contributed by atoms with Crippen LogP contribution in [0.4, 0.5) is 4.79 Å². The van der Waals surface area contributed by atoms with Gasteiger partial charge >= 0.3 is 6.09 Å². The van der Waals surface area contributed by atoms with Crippen molar-refractivity contribution in [3.05, 3.63) is 71.8 Å². The van der Waals surface area contributed by atoms with Gasteiger partial charge in [0.25, 0.3) is 5.91 Å². The lowest BCUT2D eigenvalue weighted by Crippen LogP contribution is -2.61. The number of fused-ring (bicyclic) bond motifs is 2. The molecule has 6 nitrogen and oxygen atoms in total. The van der Waals surface area contributed by atoms with Gasteiger partial charge in [-0.05, 0) is 11.1 Å². The Balaban J connectivity index is 1.50. The Morgan fingerprint density at radius 1 is 1.07 bits per heavy atom. The number of ether oxygens (including phenoxy) is 1. The minimum atomic E-state index is -1.11. The van der Waals surface area contributed by atoms with Gasteiger partial charge in [0.2, 0.25) is 0 Å². The standard InChI is InChI=1S/C21H22N2O4/c24-19-21(15-27-14-17-9-5-2-6-10-17)11-18(13-23(21)20(25)26)22(19)12-16-7-3-1-4-8-16/h1-10,18H,11-15H2,(H,25,26)/t18-,21+/m0/s1. The fraction of sp³-hybridized carbons (Fsp3) is 0.333. The Bertz CT molecular complexity index is 827. The van der Waals surface area contributed by atoms with Crippen molar-refractivity contribution in [2.75, 3.05) is 13.2 Å². The van der Waals surface area contributed by atoms with Gasteiger partial charge in [-0.1, -0.05) is 60.7 Å². The summed E-state index contributed by atoms with van der Waals surface area (Å²) in [6.45, 7) is 1.27. The van der Waals surface area contributed by atoms with Crippen molar-refractivity contribution in [2.45, 2.75) is 31.2 Å². The van der Waals surface area contributed by atoms with E-state index >= 15 is 0 Å². The maximum absolute atomic E-state index is 13.2. The third-order valence-corrected chi connectivity index (χ3v) is 5.46. The molecule has 2 amide bonds. The van der Waals surface area contributed by atoms with Crippen LogP contribution in [0.5, 0.6) is 0 Å². The maximum atomic E-state index is 13.2. The van der Waals surface area contributed by atoms with E-state index in [1.807, 2.05) is 60.7 Å². The third-order valence-electron chi connectivity index (χ3n) is 5.46. The quantitative estimate of drug-likeness (QED) is 0.853.